The SMILES string of the molecule is CCC[P+](C)(CC)CC.[Cl-]. The lowest BCUT2D eigenvalue weighted by molar-refractivity contribution is -0.00000227. The van der Waals surface area contributed by atoms with E-state index in [1.165, 1.54) is 24.9 Å². The molecular weight excluding hydrogens is 163 g/mol. The van der Waals surface area contributed by atoms with E-state index in [1.807, 2.05) is 0 Å². The Morgan fingerprint density at radius 1 is 1.00 bits per heavy atom. The van der Waals surface area contributed by atoms with Gasteiger partial charge in [0.2, 0.25) is 0 Å². The number of rotatable bonds is 4. The van der Waals surface area contributed by atoms with Crippen LogP contribution in [0.3, 0.4) is 0 Å². The Morgan fingerprint density at radius 3 is 1.50 bits per heavy atom. The molecule has 0 heterocycles. The summed E-state index contributed by atoms with van der Waals surface area (Å²) in [7, 11) is -0.431. The maximum Gasteiger partial charge on any atom is 0.0588 e. The highest BCUT2D eigenvalue weighted by atomic mass is 35.5. The van der Waals surface area contributed by atoms with E-state index < -0.39 is 7.26 Å². The minimum absolute atomic E-state index is 0. The third kappa shape index (κ3) is 4.52. The Balaban J connectivity index is 0. The fourth-order valence-electron chi connectivity index (χ4n) is 1.08. The van der Waals surface area contributed by atoms with Crippen LogP contribution < -0.4 is 12.4 Å². The van der Waals surface area contributed by atoms with E-state index >= 15 is 0 Å². The van der Waals surface area contributed by atoms with Gasteiger partial charge < -0.3 is 12.4 Å². The van der Waals surface area contributed by atoms with Crippen molar-refractivity contribution < 1.29 is 12.4 Å². The van der Waals surface area contributed by atoms with Crippen LogP contribution in [0, 0.1) is 0 Å². The zero-order chi connectivity index (χ0) is 7.33. The summed E-state index contributed by atoms with van der Waals surface area (Å²) >= 11 is 0. The van der Waals surface area contributed by atoms with E-state index in [0.29, 0.717) is 0 Å². The van der Waals surface area contributed by atoms with Crippen molar-refractivity contribution in [1.29, 1.82) is 0 Å². The zero-order valence-electron chi connectivity index (χ0n) is 7.65. The van der Waals surface area contributed by atoms with Crippen molar-refractivity contribution in [3.8, 4) is 0 Å². The molecule has 0 aliphatic rings. The Kier molecular flexibility index (Phi) is 8.57. The van der Waals surface area contributed by atoms with Crippen molar-refractivity contribution in [2.75, 3.05) is 25.2 Å². The van der Waals surface area contributed by atoms with Gasteiger partial charge in [0.25, 0.3) is 0 Å². The zero-order valence-corrected chi connectivity index (χ0v) is 9.30. The lowest BCUT2D eigenvalue weighted by Gasteiger charge is -2.18. The van der Waals surface area contributed by atoms with Crippen molar-refractivity contribution in [2.24, 2.45) is 0 Å². The average molecular weight is 183 g/mol. The third-order valence-corrected chi connectivity index (χ3v) is 6.87. The summed E-state index contributed by atoms with van der Waals surface area (Å²) < 4.78 is 0. The molecule has 0 nitrogen and oxygen atoms in total. The molecule has 10 heavy (non-hydrogen) atoms. The number of hydrogen-bond donors (Lipinski definition) is 0. The van der Waals surface area contributed by atoms with Crippen molar-refractivity contribution >= 4 is 7.26 Å². The summed E-state index contributed by atoms with van der Waals surface area (Å²) in [4.78, 5) is 0. The fourth-order valence-corrected chi connectivity index (χ4v) is 3.24. The van der Waals surface area contributed by atoms with Gasteiger partial charge in [-0.15, -0.1) is 0 Å². The molecular formula is C8H20ClP. The molecule has 2 heteroatoms. The molecule has 0 N–H and O–H groups in total. The molecule has 0 bridgehead atoms. The topological polar surface area (TPSA) is 0 Å². The van der Waals surface area contributed by atoms with E-state index in [-0.39, 0.29) is 12.4 Å². The normalized spacial score (nSPS) is 10.8. The van der Waals surface area contributed by atoms with Gasteiger partial charge in [-0.25, -0.2) is 0 Å². The van der Waals surface area contributed by atoms with Crippen LogP contribution in [0.5, 0.6) is 0 Å². The van der Waals surface area contributed by atoms with Crippen LogP contribution in [-0.2, 0) is 0 Å². The molecule has 0 spiro atoms. The molecule has 64 valence electrons. The van der Waals surface area contributed by atoms with Crippen molar-refractivity contribution in [3.05, 3.63) is 0 Å². The maximum absolute atomic E-state index is 2.50. The molecule has 0 aliphatic heterocycles. The number of hydrogen-bond acceptors (Lipinski definition) is 0. The summed E-state index contributed by atoms with van der Waals surface area (Å²) in [5.41, 5.74) is 0. The summed E-state index contributed by atoms with van der Waals surface area (Å²) in [6.07, 6.45) is 5.76. The van der Waals surface area contributed by atoms with Crippen molar-refractivity contribution in [3.63, 3.8) is 0 Å². The van der Waals surface area contributed by atoms with E-state index in [0.717, 1.165) is 0 Å². The fraction of sp³-hybridized carbons (Fsp3) is 1.00. The van der Waals surface area contributed by atoms with Gasteiger partial charge in [-0.1, -0.05) is 6.92 Å². The van der Waals surface area contributed by atoms with Crippen LogP contribution >= 0.6 is 7.26 Å². The van der Waals surface area contributed by atoms with E-state index in [4.69, 9.17) is 0 Å². The van der Waals surface area contributed by atoms with Crippen LogP contribution in [-0.4, -0.2) is 25.2 Å². The molecule has 0 fully saturated rings. The summed E-state index contributed by atoms with van der Waals surface area (Å²) in [6.45, 7) is 9.47. The highest BCUT2D eigenvalue weighted by molar-refractivity contribution is 7.75. The highest BCUT2D eigenvalue weighted by Crippen LogP contribution is 2.54. The standard InChI is InChI=1S/C8H20P.ClH/c1-5-8-9(4,6-2)7-3;/h5-8H2,1-4H3;1H/q+1;/p-1. The smallest absolute Gasteiger partial charge is 0.0588 e. The molecule has 0 aromatic heterocycles. The molecule has 0 atom stereocenters. The van der Waals surface area contributed by atoms with Crippen LogP contribution in [0.15, 0.2) is 0 Å². The van der Waals surface area contributed by atoms with Gasteiger partial charge in [0.05, 0.1) is 18.5 Å². The monoisotopic (exact) mass is 182 g/mol. The Hall–Kier alpha value is 0.720. The van der Waals surface area contributed by atoms with Gasteiger partial charge >= 0.3 is 0 Å². The first-order valence-electron chi connectivity index (χ1n) is 4.02. The second-order valence-electron chi connectivity index (χ2n) is 2.98. The van der Waals surface area contributed by atoms with Gasteiger partial charge in [0, 0.05) is 13.9 Å². The largest absolute Gasteiger partial charge is 1.00 e. The lowest BCUT2D eigenvalue weighted by Crippen LogP contribution is -3.00. The van der Waals surface area contributed by atoms with Crippen LogP contribution in [0.2, 0.25) is 0 Å². The van der Waals surface area contributed by atoms with Gasteiger partial charge in [-0.05, 0) is 20.3 Å². The first-order valence-corrected chi connectivity index (χ1v) is 6.81. The minimum Gasteiger partial charge on any atom is -1.00 e. The van der Waals surface area contributed by atoms with Gasteiger partial charge in [-0.3, -0.25) is 0 Å². The summed E-state index contributed by atoms with van der Waals surface area (Å²) in [6, 6.07) is 0. The molecule has 0 rings (SSSR count). The van der Waals surface area contributed by atoms with E-state index in [2.05, 4.69) is 27.4 Å². The van der Waals surface area contributed by atoms with Crippen molar-refractivity contribution in [1.82, 2.24) is 0 Å². The Labute approximate surface area is 72.5 Å². The molecule has 0 aliphatic carbocycles. The van der Waals surface area contributed by atoms with Gasteiger partial charge in [-0.2, -0.15) is 0 Å². The minimum atomic E-state index is -0.431. The molecule has 0 saturated heterocycles. The molecule has 0 amide bonds. The molecule has 0 radical (unpaired) electrons. The van der Waals surface area contributed by atoms with E-state index in [9.17, 15) is 0 Å². The molecule has 0 unspecified atom stereocenters. The summed E-state index contributed by atoms with van der Waals surface area (Å²) in [5, 5.41) is 0. The predicted molar refractivity (Wildman–Crippen MR) is 49.1 cm³/mol. The lowest BCUT2D eigenvalue weighted by atomic mass is 10.6. The van der Waals surface area contributed by atoms with Crippen LogP contribution in [0.4, 0.5) is 0 Å². The maximum atomic E-state index is 2.50. The first-order chi connectivity index (χ1) is 4.18. The predicted octanol–water partition coefficient (Wildman–Crippen LogP) is 0.0876. The van der Waals surface area contributed by atoms with E-state index in [1.54, 1.807) is 0 Å². The average Bonchev–Trinajstić information content (AvgIpc) is 1.89. The highest BCUT2D eigenvalue weighted by Gasteiger charge is 2.24. The van der Waals surface area contributed by atoms with Crippen molar-refractivity contribution in [2.45, 2.75) is 27.2 Å². The molecule has 0 aromatic rings. The second-order valence-corrected chi connectivity index (χ2v) is 7.93. The molecule has 0 saturated carbocycles. The van der Waals surface area contributed by atoms with Gasteiger partial charge in [0.1, 0.15) is 0 Å². The molecule has 0 aromatic carbocycles. The van der Waals surface area contributed by atoms with Crippen LogP contribution in [0.1, 0.15) is 27.2 Å². The quantitative estimate of drug-likeness (QED) is 0.541. The summed E-state index contributed by atoms with van der Waals surface area (Å²) in [5.74, 6) is 0. The Morgan fingerprint density at radius 2 is 1.40 bits per heavy atom. The third-order valence-electron chi connectivity index (χ3n) is 2.29. The number of halogens is 1. The van der Waals surface area contributed by atoms with Crippen LogP contribution in [0.25, 0.3) is 0 Å². The second kappa shape index (κ2) is 6.43. The Bertz CT molecular complexity index is 69.7. The van der Waals surface area contributed by atoms with Gasteiger partial charge in [0.15, 0.2) is 0 Å². The first kappa shape index (κ1) is 13.3.